The Bertz CT molecular complexity index is 1560. The van der Waals surface area contributed by atoms with Crippen LogP contribution >= 0.6 is 0 Å². The Kier molecular flexibility index (Phi) is 7.06. The second kappa shape index (κ2) is 10.2. The molecule has 206 valence electrons. The molecule has 0 aliphatic heterocycles. The summed E-state index contributed by atoms with van der Waals surface area (Å²) in [5, 5.41) is 11.5. The van der Waals surface area contributed by atoms with Crippen molar-refractivity contribution in [2.75, 3.05) is 13.7 Å². The molecule has 1 atom stereocenters. The molecule has 1 aromatic carbocycles. The van der Waals surface area contributed by atoms with Crippen molar-refractivity contribution in [1.82, 2.24) is 29.5 Å². The van der Waals surface area contributed by atoms with Gasteiger partial charge < -0.3 is 14.6 Å². The molecule has 39 heavy (non-hydrogen) atoms. The number of rotatable bonds is 8. The predicted molar refractivity (Wildman–Crippen MR) is 140 cm³/mol. The summed E-state index contributed by atoms with van der Waals surface area (Å²) < 4.78 is 50.0. The van der Waals surface area contributed by atoms with Crippen molar-refractivity contribution < 1.29 is 17.9 Å². The lowest BCUT2D eigenvalue weighted by molar-refractivity contribution is -0.136. The minimum absolute atomic E-state index is 0.112. The Morgan fingerprint density at radius 3 is 2.67 bits per heavy atom. The quantitative estimate of drug-likeness (QED) is 0.358. The molecular formula is C28H31F3N6O2. The van der Waals surface area contributed by atoms with Crippen LogP contribution in [0.5, 0.6) is 0 Å². The van der Waals surface area contributed by atoms with E-state index >= 15 is 0 Å². The summed E-state index contributed by atoms with van der Waals surface area (Å²) in [4.78, 5) is 17.8. The van der Waals surface area contributed by atoms with E-state index in [1.165, 1.54) is 12.4 Å². The molecule has 1 saturated carbocycles. The molecule has 5 rings (SSSR count). The van der Waals surface area contributed by atoms with E-state index in [9.17, 15) is 18.0 Å². The molecule has 11 heteroatoms. The molecule has 1 N–H and O–H groups in total. The van der Waals surface area contributed by atoms with Crippen LogP contribution in [0.2, 0.25) is 0 Å². The zero-order valence-corrected chi connectivity index (χ0v) is 22.3. The maximum atomic E-state index is 14.0. The minimum atomic E-state index is -4.68. The number of hydrogen-bond donors (Lipinski definition) is 1. The fraction of sp³-hybridized carbons (Fsp3) is 0.429. The number of alkyl halides is 3. The maximum Gasteiger partial charge on any atom is 0.419 e. The van der Waals surface area contributed by atoms with Crippen molar-refractivity contribution in [1.29, 1.82) is 0 Å². The highest BCUT2D eigenvalue weighted by Gasteiger charge is 2.48. The second-order valence-corrected chi connectivity index (χ2v) is 10.5. The number of fused-ring (bicyclic) bond motifs is 1. The number of pyridine rings is 1. The number of benzene rings is 1. The molecule has 0 unspecified atom stereocenters. The van der Waals surface area contributed by atoms with Gasteiger partial charge in [0.15, 0.2) is 5.65 Å². The third-order valence-electron chi connectivity index (χ3n) is 7.59. The zero-order chi connectivity index (χ0) is 27.9. The Balaban J connectivity index is 1.59. The fourth-order valence-electron chi connectivity index (χ4n) is 5.63. The average molecular weight is 541 g/mol. The van der Waals surface area contributed by atoms with Crippen LogP contribution in [0.3, 0.4) is 0 Å². The number of hydrogen-bond acceptors (Lipinski definition) is 6. The Morgan fingerprint density at radius 1 is 1.26 bits per heavy atom. The maximum absolute atomic E-state index is 14.0. The largest absolute Gasteiger partial charge is 0.419 e. The molecule has 1 aliphatic rings. The summed E-state index contributed by atoms with van der Waals surface area (Å²) in [6, 6.07) is 8.60. The van der Waals surface area contributed by atoms with Gasteiger partial charge in [0.25, 0.3) is 5.56 Å². The molecule has 0 saturated heterocycles. The molecule has 1 aliphatic carbocycles. The van der Waals surface area contributed by atoms with Crippen molar-refractivity contribution >= 4 is 5.65 Å². The summed E-state index contributed by atoms with van der Waals surface area (Å²) >= 11 is 0. The predicted octanol–water partition coefficient (Wildman–Crippen LogP) is 4.35. The summed E-state index contributed by atoms with van der Waals surface area (Å²) in [5.41, 5.74) is -0.175. The van der Waals surface area contributed by atoms with Crippen LogP contribution in [0.15, 0.2) is 53.8 Å². The first kappa shape index (κ1) is 27.0. The van der Waals surface area contributed by atoms with Gasteiger partial charge >= 0.3 is 6.18 Å². The lowest BCUT2D eigenvalue weighted by Gasteiger charge is -2.46. The first-order chi connectivity index (χ1) is 18.5. The first-order valence-corrected chi connectivity index (χ1v) is 12.8. The lowest BCUT2D eigenvalue weighted by Crippen LogP contribution is -2.43. The van der Waals surface area contributed by atoms with Crippen LogP contribution in [-0.2, 0) is 29.9 Å². The van der Waals surface area contributed by atoms with Crippen molar-refractivity contribution in [2.45, 2.75) is 50.9 Å². The van der Waals surface area contributed by atoms with Crippen LogP contribution in [0, 0.1) is 5.92 Å². The van der Waals surface area contributed by atoms with E-state index in [1.807, 2.05) is 36.7 Å². The van der Waals surface area contributed by atoms with Crippen LogP contribution in [-0.4, -0.2) is 43.9 Å². The number of nitrogens with zero attached hydrogens (tertiary/aromatic N) is 5. The van der Waals surface area contributed by atoms with Crippen LogP contribution in [0.25, 0.3) is 16.8 Å². The first-order valence-electron chi connectivity index (χ1n) is 12.8. The van der Waals surface area contributed by atoms with Crippen LogP contribution < -0.4 is 10.9 Å². The van der Waals surface area contributed by atoms with Gasteiger partial charge in [-0.05, 0) is 54.5 Å². The highest BCUT2D eigenvalue weighted by atomic mass is 19.4. The number of halogens is 3. The zero-order valence-electron chi connectivity index (χ0n) is 22.3. The molecule has 0 amide bonds. The molecule has 0 bridgehead atoms. The lowest BCUT2D eigenvalue weighted by atomic mass is 9.58. The number of nitrogens with one attached hydrogen (secondary N) is 1. The van der Waals surface area contributed by atoms with E-state index < -0.39 is 22.9 Å². The Labute approximate surface area is 223 Å². The molecule has 3 aromatic heterocycles. The number of ether oxygens (including phenoxy) is 1. The molecule has 0 radical (unpaired) electrons. The normalized spacial score (nSPS) is 20.2. The van der Waals surface area contributed by atoms with E-state index in [0.29, 0.717) is 23.6 Å². The Hall–Kier alpha value is -3.57. The van der Waals surface area contributed by atoms with E-state index in [1.54, 1.807) is 19.5 Å². The van der Waals surface area contributed by atoms with Gasteiger partial charge in [-0.2, -0.15) is 13.2 Å². The van der Waals surface area contributed by atoms with E-state index in [2.05, 4.69) is 27.4 Å². The van der Waals surface area contributed by atoms with Gasteiger partial charge in [0, 0.05) is 39.6 Å². The molecule has 3 heterocycles. The smallest absolute Gasteiger partial charge is 0.380 e. The standard InChI is InChI=1S/C28H31F3N6O2/c1-17-10-27(11-17,26-35-34-16-36(26)3)21-7-5-6-20(9-21)22-14-33-24-23(28(29,30)31)8-19(15-37(24)25(22)38)13-32-12-18(2)39-4/h5-9,14-18,32H,10-13H2,1-4H3/t17?,18-,27?/m0/s1. The van der Waals surface area contributed by atoms with Crippen molar-refractivity contribution in [2.24, 2.45) is 13.0 Å². The van der Waals surface area contributed by atoms with Crippen molar-refractivity contribution in [3.8, 4) is 11.1 Å². The van der Waals surface area contributed by atoms with Gasteiger partial charge in [-0.15, -0.1) is 10.2 Å². The van der Waals surface area contributed by atoms with Gasteiger partial charge in [0.2, 0.25) is 0 Å². The monoisotopic (exact) mass is 540 g/mol. The van der Waals surface area contributed by atoms with E-state index in [-0.39, 0.29) is 23.6 Å². The SMILES string of the molecule is CO[C@@H](C)CNCc1cc(C(F)(F)F)c2ncc(-c3cccc(C4(c5nncn5C)CC(C)C4)c3)c(=O)n2c1. The molecular weight excluding hydrogens is 509 g/mol. The summed E-state index contributed by atoms with van der Waals surface area (Å²) in [5.74, 6) is 1.35. The minimum Gasteiger partial charge on any atom is -0.380 e. The fourth-order valence-corrected chi connectivity index (χ4v) is 5.63. The third-order valence-corrected chi connectivity index (χ3v) is 7.59. The average Bonchev–Trinajstić information content (AvgIpc) is 3.32. The van der Waals surface area contributed by atoms with Crippen LogP contribution in [0.4, 0.5) is 13.2 Å². The third kappa shape index (κ3) is 4.96. The molecule has 1 fully saturated rings. The topological polar surface area (TPSA) is 86.3 Å². The molecule has 0 spiro atoms. The summed E-state index contributed by atoms with van der Waals surface area (Å²) in [6.45, 7) is 4.61. The summed E-state index contributed by atoms with van der Waals surface area (Å²) in [6.07, 6.45) is 1.31. The van der Waals surface area contributed by atoms with Crippen molar-refractivity contribution in [3.05, 3.63) is 81.9 Å². The number of aryl methyl sites for hydroxylation is 1. The van der Waals surface area contributed by atoms with E-state index in [0.717, 1.165) is 34.7 Å². The number of methoxy groups -OCH3 is 1. The van der Waals surface area contributed by atoms with E-state index in [4.69, 9.17) is 4.74 Å². The van der Waals surface area contributed by atoms with Crippen molar-refractivity contribution in [3.63, 3.8) is 0 Å². The highest BCUT2D eigenvalue weighted by Crippen LogP contribution is 2.51. The highest BCUT2D eigenvalue weighted by molar-refractivity contribution is 5.66. The summed E-state index contributed by atoms with van der Waals surface area (Å²) in [7, 11) is 3.47. The molecule has 8 nitrogen and oxygen atoms in total. The van der Waals surface area contributed by atoms with Gasteiger partial charge in [-0.3, -0.25) is 9.20 Å². The van der Waals surface area contributed by atoms with Gasteiger partial charge in [0.1, 0.15) is 12.2 Å². The molecule has 4 aromatic rings. The van der Waals surface area contributed by atoms with Gasteiger partial charge in [-0.25, -0.2) is 4.98 Å². The van der Waals surface area contributed by atoms with Gasteiger partial charge in [0.05, 0.1) is 22.6 Å². The van der Waals surface area contributed by atoms with Crippen LogP contribution in [0.1, 0.15) is 49.2 Å². The Morgan fingerprint density at radius 2 is 2.03 bits per heavy atom. The number of aromatic nitrogens is 5. The second-order valence-electron chi connectivity index (χ2n) is 10.5. The van der Waals surface area contributed by atoms with Gasteiger partial charge in [-0.1, -0.05) is 25.1 Å².